The van der Waals surface area contributed by atoms with E-state index in [0.29, 0.717) is 4.47 Å². The molecule has 1 atom stereocenters. The minimum Gasteiger partial charge on any atom is -0.309 e. The summed E-state index contributed by atoms with van der Waals surface area (Å²) in [5.41, 5.74) is 2.70. The first kappa shape index (κ1) is 14.2. The number of nitrogens with one attached hydrogen (secondary N) is 1. The molecule has 100 valence electrons. The van der Waals surface area contributed by atoms with E-state index in [1.807, 2.05) is 6.92 Å². The predicted octanol–water partition coefficient (Wildman–Crippen LogP) is 4.34. The first-order chi connectivity index (χ1) is 9.02. The molecular weight excluding hydrogens is 312 g/mol. The fraction of sp³-hybridized carbons (Fsp3) is 0.200. The van der Waals surface area contributed by atoms with Crippen LogP contribution >= 0.6 is 15.9 Å². The third kappa shape index (κ3) is 3.01. The Morgan fingerprint density at radius 3 is 2.26 bits per heavy atom. The van der Waals surface area contributed by atoms with Gasteiger partial charge >= 0.3 is 0 Å². The molecule has 0 bridgehead atoms. The molecule has 1 N–H and O–H groups in total. The highest BCUT2D eigenvalue weighted by molar-refractivity contribution is 9.10. The quantitative estimate of drug-likeness (QED) is 0.884. The molecule has 19 heavy (non-hydrogen) atoms. The van der Waals surface area contributed by atoms with E-state index in [-0.39, 0.29) is 17.7 Å². The van der Waals surface area contributed by atoms with Crippen LogP contribution in [0.1, 0.15) is 22.7 Å². The van der Waals surface area contributed by atoms with Gasteiger partial charge in [0.2, 0.25) is 0 Å². The Labute approximate surface area is 119 Å². The number of benzene rings is 2. The van der Waals surface area contributed by atoms with Gasteiger partial charge in [-0.25, -0.2) is 8.78 Å². The fourth-order valence-corrected chi connectivity index (χ4v) is 2.72. The smallest absolute Gasteiger partial charge is 0.124 e. The SMILES string of the molecule is CNC(c1cc(F)ccc1C)c1ccc(F)cc1Br. The normalized spacial score (nSPS) is 12.5. The largest absolute Gasteiger partial charge is 0.309 e. The van der Waals surface area contributed by atoms with Gasteiger partial charge in [-0.15, -0.1) is 0 Å². The fourth-order valence-electron chi connectivity index (χ4n) is 2.14. The van der Waals surface area contributed by atoms with Gasteiger partial charge in [0.15, 0.2) is 0 Å². The second-order valence-corrected chi connectivity index (χ2v) is 5.24. The molecule has 0 aliphatic carbocycles. The Bertz CT molecular complexity index is 599. The van der Waals surface area contributed by atoms with Crippen LogP contribution in [0.25, 0.3) is 0 Å². The van der Waals surface area contributed by atoms with Gasteiger partial charge in [0, 0.05) is 4.47 Å². The Morgan fingerprint density at radius 2 is 1.63 bits per heavy atom. The van der Waals surface area contributed by atoms with Crippen LogP contribution in [0.3, 0.4) is 0 Å². The zero-order valence-electron chi connectivity index (χ0n) is 10.7. The van der Waals surface area contributed by atoms with Crippen molar-refractivity contribution in [3.63, 3.8) is 0 Å². The molecule has 0 spiro atoms. The van der Waals surface area contributed by atoms with Gasteiger partial charge in [0.1, 0.15) is 11.6 Å². The maximum Gasteiger partial charge on any atom is 0.124 e. The van der Waals surface area contributed by atoms with Crippen molar-refractivity contribution in [3.8, 4) is 0 Å². The zero-order valence-corrected chi connectivity index (χ0v) is 12.3. The van der Waals surface area contributed by atoms with Crippen LogP contribution < -0.4 is 5.32 Å². The van der Waals surface area contributed by atoms with Crippen molar-refractivity contribution in [2.75, 3.05) is 7.05 Å². The number of hydrogen-bond donors (Lipinski definition) is 1. The molecule has 0 saturated carbocycles. The minimum absolute atomic E-state index is 0.189. The first-order valence-electron chi connectivity index (χ1n) is 5.91. The summed E-state index contributed by atoms with van der Waals surface area (Å²) >= 11 is 3.36. The topological polar surface area (TPSA) is 12.0 Å². The molecule has 0 aliphatic rings. The maximum atomic E-state index is 13.4. The Balaban J connectivity index is 2.52. The molecule has 4 heteroatoms. The van der Waals surface area contributed by atoms with Gasteiger partial charge in [0.25, 0.3) is 0 Å². The van der Waals surface area contributed by atoms with Crippen molar-refractivity contribution < 1.29 is 8.78 Å². The maximum absolute atomic E-state index is 13.4. The molecule has 0 aliphatic heterocycles. The van der Waals surface area contributed by atoms with Crippen molar-refractivity contribution in [3.05, 3.63) is 69.2 Å². The van der Waals surface area contributed by atoms with E-state index in [2.05, 4.69) is 21.2 Å². The van der Waals surface area contributed by atoms with E-state index in [4.69, 9.17) is 0 Å². The summed E-state index contributed by atoms with van der Waals surface area (Å²) in [6.45, 7) is 1.93. The van der Waals surface area contributed by atoms with Crippen LogP contribution in [0.5, 0.6) is 0 Å². The second-order valence-electron chi connectivity index (χ2n) is 4.39. The van der Waals surface area contributed by atoms with Crippen molar-refractivity contribution in [1.82, 2.24) is 5.32 Å². The van der Waals surface area contributed by atoms with Crippen molar-refractivity contribution in [1.29, 1.82) is 0 Å². The Kier molecular flexibility index (Phi) is 4.32. The molecular formula is C15H14BrF2N. The van der Waals surface area contributed by atoms with Gasteiger partial charge < -0.3 is 5.32 Å². The molecule has 0 aromatic heterocycles. The number of halogens is 3. The summed E-state index contributed by atoms with van der Waals surface area (Å²) in [6, 6.07) is 9.01. The summed E-state index contributed by atoms with van der Waals surface area (Å²) in [5, 5.41) is 3.14. The van der Waals surface area contributed by atoms with Crippen LogP contribution in [0, 0.1) is 18.6 Å². The van der Waals surface area contributed by atoms with Gasteiger partial charge in [-0.1, -0.05) is 28.1 Å². The molecule has 1 nitrogen and oxygen atoms in total. The molecule has 2 rings (SSSR count). The third-order valence-electron chi connectivity index (χ3n) is 3.11. The lowest BCUT2D eigenvalue weighted by Crippen LogP contribution is -2.19. The molecule has 0 radical (unpaired) electrons. The molecule has 0 saturated heterocycles. The molecule has 2 aromatic rings. The van der Waals surface area contributed by atoms with Crippen molar-refractivity contribution >= 4 is 15.9 Å². The lowest BCUT2D eigenvalue weighted by molar-refractivity contribution is 0.610. The monoisotopic (exact) mass is 325 g/mol. The average molecular weight is 326 g/mol. The van der Waals surface area contributed by atoms with E-state index in [9.17, 15) is 8.78 Å². The van der Waals surface area contributed by atoms with E-state index in [1.54, 1.807) is 19.2 Å². The Morgan fingerprint density at radius 1 is 1.00 bits per heavy atom. The molecule has 1 unspecified atom stereocenters. The van der Waals surface area contributed by atoms with E-state index < -0.39 is 0 Å². The van der Waals surface area contributed by atoms with E-state index >= 15 is 0 Å². The van der Waals surface area contributed by atoms with Crippen molar-refractivity contribution in [2.45, 2.75) is 13.0 Å². The van der Waals surface area contributed by atoms with Crippen LogP contribution in [-0.4, -0.2) is 7.05 Å². The zero-order chi connectivity index (χ0) is 14.0. The standard InChI is InChI=1S/C15H14BrF2N/c1-9-3-4-10(17)7-13(9)15(19-2)12-6-5-11(18)8-14(12)16/h3-8,15,19H,1-2H3. The lowest BCUT2D eigenvalue weighted by atomic mass is 9.95. The first-order valence-corrected chi connectivity index (χ1v) is 6.70. The summed E-state index contributed by atoms with van der Waals surface area (Å²) < 4.78 is 27.2. The van der Waals surface area contributed by atoms with Gasteiger partial charge in [-0.2, -0.15) is 0 Å². The van der Waals surface area contributed by atoms with E-state index in [1.165, 1.54) is 24.3 Å². The summed E-state index contributed by atoms with van der Waals surface area (Å²) in [4.78, 5) is 0. The second kappa shape index (κ2) is 5.80. The van der Waals surface area contributed by atoms with Gasteiger partial charge in [-0.3, -0.25) is 0 Å². The Hall–Kier alpha value is -1.26. The number of rotatable bonds is 3. The van der Waals surface area contributed by atoms with E-state index in [0.717, 1.165) is 16.7 Å². The van der Waals surface area contributed by atoms with Crippen LogP contribution in [0.2, 0.25) is 0 Å². The van der Waals surface area contributed by atoms with Crippen molar-refractivity contribution in [2.24, 2.45) is 0 Å². The number of aryl methyl sites for hydroxylation is 1. The van der Waals surface area contributed by atoms with Crippen LogP contribution in [0.15, 0.2) is 40.9 Å². The highest BCUT2D eigenvalue weighted by atomic mass is 79.9. The van der Waals surface area contributed by atoms with Crippen LogP contribution in [0.4, 0.5) is 8.78 Å². The van der Waals surface area contributed by atoms with Crippen LogP contribution in [-0.2, 0) is 0 Å². The highest BCUT2D eigenvalue weighted by Crippen LogP contribution is 2.31. The highest BCUT2D eigenvalue weighted by Gasteiger charge is 2.17. The third-order valence-corrected chi connectivity index (χ3v) is 3.80. The molecule has 0 fully saturated rings. The molecule has 0 heterocycles. The minimum atomic E-state index is -0.304. The summed E-state index contributed by atoms with van der Waals surface area (Å²) in [7, 11) is 1.80. The van der Waals surface area contributed by atoms with Gasteiger partial charge in [-0.05, 0) is 54.9 Å². The number of hydrogen-bond acceptors (Lipinski definition) is 1. The van der Waals surface area contributed by atoms with Gasteiger partial charge in [0.05, 0.1) is 6.04 Å². The predicted molar refractivity (Wildman–Crippen MR) is 76.1 cm³/mol. The molecule has 0 amide bonds. The molecule has 2 aromatic carbocycles. The lowest BCUT2D eigenvalue weighted by Gasteiger charge is -2.21. The average Bonchev–Trinajstić information content (AvgIpc) is 2.36. The summed E-state index contributed by atoms with van der Waals surface area (Å²) in [5.74, 6) is -0.583. The summed E-state index contributed by atoms with van der Waals surface area (Å²) in [6.07, 6.45) is 0.